The van der Waals surface area contributed by atoms with E-state index in [1.165, 1.54) is 41.5 Å². The van der Waals surface area contributed by atoms with Gasteiger partial charge in [-0.05, 0) is 181 Å². The van der Waals surface area contributed by atoms with Gasteiger partial charge in [0.1, 0.15) is 36.3 Å². The van der Waals surface area contributed by atoms with Crippen LogP contribution in [0.5, 0.6) is 0 Å². The van der Waals surface area contributed by atoms with Crippen molar-refractivity contribution in [2.75, 3.05) is 78.5 Å². The standard InChI is InChI=1S/C24H44N6O6.C23H42N6O6.C21H39N5O5.C20H37N5O5/c1-5-9-20(32)18(30-24(36)16(3)28-17(4)31)11-12-21(33)27-14-8-7-10-19(23(25)35)29-22(34)15-26-13-6-2;1-5-9-19(31)18(29-23(35)15(3)27-16(4)30)13-20(32)26-12-8-7-10-17(22(24)34)28-21(33)14-25-11-6-2;1-4-8-18(28)16(25-15(3)27)10-11-19(29)24-13-7-6-9-17(21(22)31)26-20(30)14-23-12-5-2;1-4-8-17(27)16(24-14(3)26)12-18(28)23-11-7-6-9-15(20(21)30)25-19(29)13-22-10-5-2/h16,18-19,26H,5-15H2,1-4H3,(H2,25,35)(H,27,33)(H,28,31)(H,29,34)(H,30,36);15,17-18,25H,5-14H2,1-4H3,(H2,24,34)(H,26,32)(H,27,30)(H,28,33)(H,29,35);16-17,23H,4-14H2,1-3H3,(H2,22,31)(H,24,29)(H,25,27)(H,26,30);15-16,22H,4-13H2,1-3H3,(H2,21,30)(H,23,28)(H,24,26)(H,25,29). The molecule has 0 rings (SSSR count). The number of unbranched alkanes of at least 4 members (excludes halogenated alkanes) is 4. The molecule has 0 spiro atoms. The van der Waals surface area contributed by atoms with Gasteiger partial charge in [0, 0.05) is 92.4 Å². The van der Waals surface area contributed by atoms with E-state index in [0.717, 1.165) is 25.7 Å². The SMILES string of the molecule is CCCNCC(=O)NC(CCCCNC(=O)CC(NC(=O)C(C)NC(C)=O)C(=O)CCC)C(N)=O.CCCNCC(=O)NC(CCCCNC(=O)CC(NC(C)=O)C(=O)CCC)C(N)=O.CCCNCC(=O)NC(CCCCNC(=O)CCC(NC(=O)C(C)NC(C)=O)C(=O)CCC)C(N)=O.CCCNCC(=O)NC(CCCCNC(=O)CCC(NC(C)=O)C(=O)CCC)C(N)=O. The lowest BCUT2D eigenvalue weighted by molar-refractivity contribution is -0.132. The summed E-state index contributed by atoms with van der Waals surface area (Å²) in [5, 5.41) is 48.3. The Morgan fingerprint density at radius 1 is 0.220 bits per heavy atom. The van der Waals surface area contributed by atoms with Gasteiger partial charge in [-0.15, -0.1) is 0 Å². The summed E-state index contributed by atoms with van der Waals surface area (Å²) in [5.41, 5.74) is 21.4. The zero-order chi connectivity index (χ0) is 101. The topological polar surface area (TPSA) is 696 Å². The molecule has 0 bridgehead atoms. The third-order valence-corrected chi connectivity index (χ3v) is 19.2. The number of nitrogens with two attached hydrogens (primary N) is 4. The lowest BCUT2D eigenvalue weighted by Gasteiger charge is -2.20. The second-order valence-electron chi connectivity index (χ2n) is 32.0. The molecular weight excluding hydrogens is 1720 g/mol. The summed E-state index contributed by atoms with van der Waals surface area (Å²) in [6, 6.07) is -7.97. The van der Waals surface area contributed by atoms with Crippen molar-refractivity contribution in [2.45, 2.75) is 350 Å². The summed E-state index contributed by atoms with van der Waals surface area (Å²) in [7, 11) is 0. The molecule has 10 unspecified atom stereocenters. The molecule has 0 aromatic rings. The molecule has 0 aromatic heterocycles. The van der Waals surface area contributed by atoms with Gasteiger partial charge in [-0.2, -0.15) is 0 Å². The van der Waals surface area contributed by atoms with Gasteiger partial charge in [0.15, 0.2) is 23.1 Å². The second kappa shape index (κ2) is 80.8. The highest BCUT2D eigenvalue weighted by Gasteiger charge is 2.30. The van der Waals surface area contributed by atoms with E-state index in [1.54, 1.807) is 0 Å². The highest BCUT2D eigenvalue weighted by molar-refractivity contribution is 5.97. The van der Waals surface area contributed by atoms with E-state index in [9.17, 15) is 105 Å². The van der Waals surface area contributed by atoms with Crippen molar-refractivity contribution in [1.29, 1.82) is 0 Å². The summed E-state index contributed by atoms with van der Waals surface area (Å²) in [6.07, 6.45) is 13.5. The zero-order valence-corrected chi connectivity index (χ0v) is 80.8. The number of ketones is 4. The minimum Gasteiger partial charge on any atom is -0.368 e. The predicted molar refractivity (Wildman–Crippen MR) is 498 cm³/mol. The number of primary amides is 4. The van der Waals surface area contributed by atoms with E-state index in [1.807, 2.05) is 55.4 Å². The van der Waals surface area contributed by atoms with E-state index in [4.69, 9.17) is 22.9 Å². The number of rotatable bonds is 74. The number of nitrogens with one attached hydrogen (secondary N) is 18. The maximum absolute atomic E-state index is 12.4. The van der Waals surface area contributed by atoms with E-state index >= 15 is 0 Å². The minimum atomic E-state index is -0.991. The minimum absolute atomic E-state index is 0.0413. The highest BCUT2D eigenvalue weighted by Crippen LogP contribution is 2.11. The Labute approximate surface area is 778 Å². The average Bonchev–Trinajstić information content (AvgIpc) is 0.931. The van der Waals surface area contributed by atoms with Gasteiger partial charge in [0.25, 0.3) is 0 Å². The molecule has 132 heavy (non-hydrogen) atoms. The number of carbonyl (C=O) groups is 22. The van der Waals surface area contributed by atoms with Crippen molar-refractivity contribution >= 4 is 129 Å². The molecule has 0 heterocycles. The van der Waals surface area contributed by atoms with Gasteiger partial charge < -0.3 is 119 Å². The van der Waals surface area contributed by atoms with E-state index in [2.05, 4.69) is 95.7 Å². The number of carbonyl (C=O) groups excluding carboxylic acids is 22. The van der Waals surface area contributed by atoms with E-state index < -0.39 is 102 Å². The fraction of sp³-hybridized carbons (Fsp3) is 0.750. The first-order valence-corrected chi connectivity index (χ1v) is 46.5. The van der Waals surface area contributed by atoms with Gasteiger partial charge in [-0.1, -0.05) is 55.4 Å². The predicted octanol–water partition coefficient (Wildman–Crippen LogP) is -2.18. The van der Waals surface area contributed by atoms with Crippen LogP contribution in [0.25, 0.3) is 0 Å². The molecule has 44 nitrogen and oxygen atoms in total. The quantitative estimate of drug-likeness (QED) is 0.0288. The van der Waals surface area contributed by atoms with Crippen LogP contribution in [-0.2, 0) is 105 Å². The Hall–Kier alpha value is -11.0. The monoisotopic (exact) mass is 1880 g/mol. The molecular formula is C88H162N22O22. The fourth-order valence-corrected chi connectivity index (χ4v) is 12.3. The molecule has 10 atom stereocenters. The molecule has 0 saturated heterocycles. The van der Waals surface area contributed by atoms with Gasteiger partial charge >= 0.3 is 0 Å². The molecule has 18 amide bonds. The number of Topliss-reactive ketones (excluding diaryl/α,β-unsaturated/α-hetero) is 4. The summed E-state index contributed by atoms with van der Waals surface area (Å²) in [6.45, 7) is 28.3. The summed E-state index contributed by atoms with van der Waals surface area (Å²) in [5.74, 6) is -7.94. The average molecular weight is 1880 g/mol. The lowest BCUT2D eigenvalue weighted by atomic mass is 10.0. The lowest BCUT2D eigenvalue weighted by Crippen LogP contribution is -2.51. The van der Waals surface area contributed by atoms with Crippen molar-refractivity contribution in [3.63, 3.8) is 0 Å². The maximum Gasteiger partial charge on any atom is 0.242 e. The third kappa shape index (κ3) is 72.7. The zero-order valence-electron chi connectivity index (χ0n) is 80.8. The number of hydrogen-bond donors (Lipinski definition) is 22. The van der Waals surface area contributed by atoms with Crippen molar-refractivity contribution in [3.8, 4) is 0 Å². The van der Waals surface area contributed by atoms with Crippen molar-refractivity contribution in [2.24, 2.45) is 22.9 Å². The normalized spacial score (nSPS) is 12.8. The van der Waals surface area contributed by atoms with Crippen molar-refractivity contribution in [3.05, 3.63) is 0 Å². The van der Waals surface area contributed by atoms with Crippen LogP contribution in [0.15, 0.2) is 0 Å². The Kier molecular flexibility index (Phi) is 77.9. The van der Waals surface area contributed by atoms with Gasteiger partial charge in [0.05, 0.1) is 63.2 Å². The van der Waals surface area contributed by atoms with Gasteiger partial charge in [-0.25, -0.2) is 0 Å². The Morgan fingerprint density at radius 2 is 0.439 bits per heavy atom. The largest absolute Gasteiger partial charge is 0.368 e. The Bertz CT molecular complexity index is 3540. The molecule has 0 aliphatic heterocycles. The van der Waals surface area contributed by atoms with E-state index in [-0.39, 0.29) is 166 Å². The molecule has 44 heteroatoms. The van der Waals surface area contributed by atoms with Gasteiger partial charge in [0.2, 0.25) is 106 Å². The van der Waals surface area contributed by atoms with E-state index in [0.29, 0.717) is 168 Å². The molecule has 756 valence electrons. The van der Waals surface area contributed by atoms with Crippen molar-refractivity contribution < 1.29 is 105 Å². The molecule has 0 aliphatic carbocycles. The molecule has 26 N–H and O–H groups in total. The van der Waals surface area contributed by atoms with Crippen LogP contribution in [0.1, 0.15) is 290 Å². The Balaban J connectivity index is -0.000000830. The maximum atomic E-state index is 12.4. The van der Waals surface area contributed by atoms with Crippen LogP contribution >= 0.6 is 0 Å². The first kappa shape index (κ1) is 127. The van der Waals surface area contributed by atoms with Crippen molar-refractivity contribution in [1.82, 2.24) is 95.7 Å². The smallest absolute Gasteiger partial charge is 0.242 e. The molecule has 0 fully saturated rings. The van der Waals surface area contributed by atoms with Crippen LogP contribution in [0.3, 0.4) is 0 Å². The summed E-state index contributed by atoms with van der Waals surface area (Å²) in [4.78, 5) is 260. The third-order valence-electron chi connectivity index (χ3n) is 19.2. The summed E-state index contributed by atoms with van der Waals surface area (Å²) < 4.78 is 0. The van der Waals surface area contributed by atoms with Crippen LogP contribution in [0.2, 0.25) is 0 Å². The number of hydrogen-bond acceptors (Lipinski definition) is 26. The van der Waals surface area contributed by atoms with Crippen LogP contribution in [-0.4, -0.2) is 268 Å². The Morgan fingerprint density at radius 3 is 0.674 bits per heavy atom. The van der Waals surface area contributed by atoms with Crippen LogP contribution in [0, 0.1) is 0 Å². The van der Waals surface area contributed by atoms with Gasteiger partial charge in [-0.3, -0.25) is 105 Å². The number of amides is 18. The molecule has 0 aromatic carbocycles. The highest BCUT2D eigenvalue weighted by atomic mass is 16.2. The second-order valence-corrected chi connectivity index (χ2v) is 32.0. The van der Waals surface area contributed by atoms with Crippen LogP contribution in [0.4, 0.5) is 0 Å². The fourth-order valence-electron chi connectivity index (χ4n) is 12.3. The first-order chi connectivity index (χ1) is 62.4. The first-order valence-electron chi connectivity index (χ1n) is 46.5. The van der Waals surface area contributed by atoms with Crippen LogP contribution < -0.4 is 119 Å². The summed E-state index contributed by atoms with van der Waals surface area (Å²) >= 11 is 0. The molecule has 0 radical (unpaired) electrons. The molecule has 0 saturated carbocycles. The molecule has 0 aliphatic rings.